The highest BCUT2D eigenvalue weighted by Gasteiger charge is 2.13. The zero-order valence-corrected chi connectivity index (χ0v) is 13.8. The molecule has 0 saturated carbocycles. The number of hydrogen-bond acceptors (Lipinski definition) is 5. The lowest BCUT2D eigenvalue weighted by Gasteiger charge is -2.08. The van der Waals surface area contributed by atoms with Crippen molar-refractivity contribution in [2.24, 2.45) is 0 Å². The fourth-order valence-electron chi connectivity index (χ4n) is 2.47. The highest BCUT2D eigenvalue weighted by molar-refractivity contribution is 7.21. The molecule has 25 heavy (non-hydrogen) atoms. The number of rotatable bonds is 3. The number of anilines is 1. The number of nitrogens with zero attached hydrogens (tertiary/aromatic N) is 2. The number of benzene rings is 2. The normalized spacial score (nSPS) is 10.7. The van der Waals surface area contributed by atoms with E-state index in [-0.39, 0.29) is 11.7 Å². The van der Waals surface area contributed by atoms with Gasteiger partial charge >= 0.3 is 0 Å². The number of pyridine rings is 1. The van der Waals surface area contributed by atoms with E-state index in [1.807, 2.05) is 24.3 Å². The van der Waals surface area contributed by atoms with Crippen LogP contribution in [0, 0.1) is 0 Å². The first kappa shape index (κ1) is 15.3. The van der Waals surface area contributed by atoms with Crippen molar-refractivity contribution in [3.63, 3.8) is 0 Å². The molecule has 122 valence electrons. The van der Waals surface area contributed by atoms with Crippen LogP contribution in [0.15, 0.2) is 67.0 Å². The Kier molecular flexibility index (Phi) is 3.87. The summed E-state index contributed by atoms with van der Waals surface area (Å²) in [5.41, 5.74) is 2.52. The predicted octanol–water partition coefficient (Wildman–Crippen LogP) is 4.32. The number of thiazole rings is 1. The Bertz CT molecular complexity index is 1030. The molecule has 0 spiro atoms. The first-order valence-corrected chi connectivity index (χ1v) is 8.43. The van der Waals surface area contributed by atoms with Gasteiger partial charge in [-0.25, -0.2) is 4.98 Å². The first-order chi connectivity index (χ1) is 12.2. The lowest BCUT2D eigenvalue weighted by molar-refractivity contribution is 0.102. The highest BCUT2D eigenvalue weighted by atomic mass is 32.1. The lowest BCUT2D eigenvalue weighted by atomic mass is 10.1. The number of aromatic nitrogens is 2. The van der Waals surface area contributed by atoms with E-state index in [1.54, 1.807) is 36.5 Å². The summed E-state index contributed by atoms with van der Waals surface area (Å²) in [7, 11) is 0. The molecule has 0 saturated heterocycles. The number of phenolic OH excluding ortho intramolecular Hbond substituents is 1. The van der Waals surface area contributed by atoms with Gasteiger partial charge in [-0.15, -0.1) is 11.3 Å². The van der Waals surface area contributed by atoms with Crippen LogP contribution in [-0.4, -0.2) is 21.0 Å². The molecule has 1 amide bonds. The van der Waals surface area contributed by atoms with Crippen LogP contribution in [0.25, 0.3) is 20.8 Å². The summed E-state index contributed by atoms with van der Waals surface area (Å²) in [5.74, 6) is -0.132. The quantitative estimate of drug-likeness (QED) is 0.541. The van der Waals surface area contributed by atoms with Crippen LogP contribution in [0.1, 0.15) is 10.4 Å². The maximum Gasteiger partial charge on any atom is 0.257 e. The van der Waals surface area contributed by atoms with Crippen molar-refractivity contribution >= 4 is 33.1 Å². The minimum Gasteiger partial charge on any atom is -0.507 e. The van der Waals surface area contributed by atoms with Crippen molar-refractivity contribution in [2.45, 2.75) is 0 Å². The molecule has 0 unspecified atom stereocenters. The van der Waals surface area contributed by atoms with Crippen LogP contribution in [0.2, 0.25) is 0 Å². The van der Waals surface area contributed by atoms with E-state index >= 15 is 0 Å². The van der Waals surface area contributed by atoms with E-state index in [2.05, 4.69) is 15.3 Å². The van der Waals surface area contributed by atoms with Crippen molar-refractivity contribution < 1.29 is 9.90 Å². The SMILES string of the molecule is O=C(Nc1ccc(O)c(-c2nc3ccccc3s2)c1)c1cccnc1. The van der Waals surface area contributed by atoms with E-state index in [0.29, 0.717) is 21.8 Å². The van der Waals surface area contributed by atoms with Crippen LogP contribution < -0.4 is 5.32 Å². The maximum atomic E-state index is 12.3. The minimum atomic E-state index is -0.256. The third-order valence-electron chi connectivity index (χ3n) is 3.70. The number of hydrogen-bond donors (Lipinski definition) is 2. The fraction of sp³-hybridized carbons (Fsp3) is 0. The summed E-state index contributed by atoms with van der Waals surface area (Å²) in [5, 5.41) is 13.7. The molecule has 2 aromatic heterocycles. The van der Waals surface area contributed by atoms with Gasteiger partial charge in [0.1, 0.15) is 10.8 Å². The summed E-state index contributed by atoms with van der Waals surface area (Å²) in [6.07, 6.45) is 3.12. The summed E-state index contributed by atoms with van der Waals surface area (Å²) in [4.78, 5) is 20.8. The number of carbonyl (C=O) groups is 1. The monoisotopic (exact) mass is 347 g/mol. The van der Waals surface area contributed by atoms with Crippen molar-refractivity contribution in [1.82, 2.24) is 9.97 Å². The molecule has 2 N–H and O–H groups in total. The van der Waals surface area contributed by atoms with E-state index in [4.69, 9.17) is 0 Å². The van der Waals surface area contributed by atoms with Crippen molar-refractivity contribution in [3.05, 3.63) is 72.6 Å². The van der Waals surface area contributed by atoms with Gasteiger partial charge in [0, 0.05) is 18.1 Å². The van der Waals surface area contributed by atoms with Gasteiger partial charge in [0.25, 0.3) is 5.91 Å². The van der Waals surface area contributed by atoms with Gasteiger partial charge in [-0.3, -0.25) is 9.78 Å². The number of carbonyl (C=O) groups excluding carboxylic acids is 1. The molecule has 4 rings (SSSR count). The minimum absolute atomic E-state index is 0.124. The van der Waals surface area contributed by atoms with Gasteiger partial charge in [0.05, 0.1) is 21.3 Å². The van der Waals surface area contributed by atoms with Gasteiger partial charge < -0.3 is 10.4 Å². The largest absolute Gasteiger partial charge is 0.507 e. The number of fused-ring (bicyclic) bond motifs is 1. The standard InChI is InChI=1S/C19H13N3O2S/c23-16-8-7-13(21-18(24)12-4-3-9-20-11-12)10-14(16)19-22-15-5-1-2-6-17(15)25-19/h1-11,23H,(H,21,24). The number of para-hydroxylation sites is 1. The second kappa shape index (κ2) is 6.33. The smallest absolute Gasteiger partial charge is 0.257 e. The van der Waals surface area contributed by atoms with Crippen LogP contribution in [-0.2, 0) is 0 Å². The van der Waals surface area contributed by atoms with E-state index in [0.717, 1.165) is 10.2 Å². The van der Waals surface area contributed by atoms with Crippen LogP contribution in [0.4, 0.5) is 5.69 Å². The summed E-state index contributed by atoms with van der Waals surface area (Å²) in [6.45, 7) is 0. The van der Waals surface area contributed by atoms with Crippen LogP contribution >= 0.6 is 11.3 Å². The Labute approximate surface area is 147 Å². The molecular weight excluding hydrogens is 334 g/mol. The molecule has 0 atom stereocenters. The average Bonchev–Trinajstić information content (AvgIpc) is 3.08. The Morgan fingerprint density at radius 2 is 1.96 bits per heavy atom. The summed E-state index contributed by atoms with van der Waals surface area (Å²) < 4.78 is 1.04. The molecule has 0 bridgehead atoms. The van der Waals surface area contributed by atoms with Crippen LogP contribution in [0.5, 0.6) is 5.75 Å². The molecule has 4 aromatic rings. The second-order valence-corrected chi connectivity index (χ2v) is 6.45. The third-order valence-corrected chi connectivity index (χ3v) is 4.77. The second-order valence-electron chi connectivity index (χ2n) is 5.41. The molecule has 5 nitrogen and oxygen atoms in total. The molecule has 0 fully saturated rings. The number of aromatic hydroxyl groups is 1. The van der Waals surface area contributed by atoms with Crippen molar-refractivity contribution in [2.75, 3.05) is 5.32 Å². The molecule has 0 aliphatic rings. The number of amides is 1. The van der Waals surface area contributed by atoms with Gasteiger partial charge in [-0.05, 0) is 42.5 Å². The van der Waals surface area contributed by atoms with Gasteiger partial charge in [-0.2, -0.15) is 0 Å². The molecule has 2 aromatic carbocycles. The summed E-state index contributed by atoms with van der Waals surface area (Å²) in [6, 6.07) is 16.1. The molecule has 0 radical (unpaired) electrons. The van der Waals surface area contributed by atoms with E-state index in [1.165, 1.54) is 17.5 Å². The average molecular weight is 347 g/mol. The van der Waals surface area contributed by atoms with Crippen molar-refractivity contribution in [1.29, 1.82) is 0 Å². The van der Waals surface area contributed by atoms with Crippen LogP contribution in [0.3, 0.4) is 0 Å². The van der Waals surface area contributed by atoms with E-state index < -0.39 is 0 Å². The highest BCUT2D eigenvalue weighted by Crippen LogP contribution is 2.36. The maximum absolute atomic E-state index is 12.3. The Morgan fingerprint density at radius 1 is 1.08 bits per heavy atom. The zero-order valence-electron chi connectivity index (χ0n) is 13.0. The molecule has 0 aliphatic heterocycles. The zero-order chi connectivity index (χ0) is 17.2. The lowest BCUT2D eigenvalue weighted by Crippen LogP contribution is -2.11. The first-order valence-electron chi connectivity index (χ1n) is 7.61. The van der Waals surface area contributed by atoms with Crippen molar-refractivity contribution in [3.8, 4) is 16.3 Å². The van der Waals surface area contributed by atoms with Gasteiger partial charge in [-0.1, -0.05) is 12.1 Å². The number of phenols is 1. The Balaban J connectivity index is 1.68. The van der Waals surface area contributed by atoms with Gasteiger partial charge in [0.2, 0.25) is 0 Å². The molecule has 0 aliphatic carbocycles. The Morgan fingerprint density at radius 3 is 2.76 bits per heavy atom. The molecule has 2 heterocycles. The molecular formula is C19H13N3O2S. The Hall–Kier alpha value is -3.25. The fourth-order valence-corrected chi connectivity index (χ4v) is 3.46. The third kappa shape index (κ3) is 3.07. The topological polar surface area (TPSA) is 75.1 Å². The number of nitrogens with one attached hydrogen (secondary N) is 1. The molecule has 6 heteroatoms. The van der Waals surface area contributed by atoms with Gasteiger partial charge in [0.15, 0.2) is 0 Å². The predicted molar refractivity (Wildman–Crippen MR) is 98.9 cm³/mol. The summed E-state index contributed by atoms with van der Waals surface area (Å²) >= 11 is 1.49. The van der Waals surface area contributed by atoms with E-state index in [9.17, 15) is 9.90 Å².